The van der Waals surface area contributed by atoms with Crippen molar-refractivity contribution in [1.82, 2.24) is 15.1 Å². The monoisotopic (exact) mass is 243 g/mol. The van der Waals surface area contributed by atoms with E-state index in [4.69, 9.17) is 11.6 Å². The van der Waals surface area contributed by atoms with Crippen LogP contribution in [-0.4, -0.2) is 23.4 Å². The van der Waals surface area contributed by atoms with Gasteiger partial charge in [0.1, 0.15) is 0 Å². The van der Waals surface area contributed by atoms with Gasteiger partial charge in [-0.1, -0.05) is 18.5 Å². The SMILES string of the molecule is CCn1nc(C)c(Cl)c1CC(C)CCNC. The Morgan fingerprint density at radius 1 is 1.50 bits per heavy atom. The average Bonchev–Trinajstić information content (AvgIpc) is 2.54. The van der Waals surface area contributed by atoms with Crippen LogP contribution in [0.1, 0.15) is 31.7 Å². The van der Waals surface area contributed by atoms with Crippen LogP contribution in [0.5, 0.6) is 0 Å². The lowest BCUT2D eigenvalue weighted by atomic mass is 10.0. The van der Waals surface area contributed by atoms with Crippen molar-refractivity contribution >= 4 is 11.6 Å². The third-order valence-electron chi connectivity index (χ3n) is 2.88. The molecule has 1 rings (SSSR count). The normalized spacial score (nSPS) is 13.1. The molecule has 1 atom stereocenters. The van der Waals surface area contributed by atoms with Crippen molar-refractivity contribution in [2.24, 2.45) is 5.92 Å². The minimum Gasteiger partial charge on any atom is -0.320 e. The van der Waals surface area contributed by atoms with E-state index in [1.54, 1.807) is 0 Å². The molecule has 0 saturated heterocycles. The molecule has 92 valence electrons. The van der Waals surface area contributed by atoms with E-state index in [1.165, 1.54) is 12.1 Å². The van der Waals surface area contributed by atoms with Crippen LogP contribution in [0.25, 0.3) is 0 Å². The smallest absolute Gasteiger partial charge is 0.0847 e. The number of hydrogen-bond acceptors (Lipinski definition) is 2. The highest BCUT2D eigenvalue weighted by Crippen LogP contribution is 2.23. The van der Waals surface area contributed by atoms with Gasteiger partial charge in [-0.2, -0.15) is 5.10 Å². The van der Waals surface area contributed by atoms with Crippen molar-refractivity contribution in [1.29, 1.82) is 0 Å². The summed E-state index contributed by atoms with van der Waals surface area (Å²) in [6, 6.07) is 0. The first kappa shape index (κ1) is 13.5. The molecule has 1 aromatic rings. The van der Waals surface area contributed by atoms with Crippen LogP contribution in [0.4, 0.5) is 0 Å². The Bertz CT molecular complexity index is 333. The van der Waals surface area contributed by atoms with Gasteiger partial charge in [-0.05, 0) is 46.2 Å². The Kier molecular flexibility index (Phi) is 5.29. The average molecular weight is 244 g/mol. The summed E-state index contributed by atoms with van der Waals surface area (Å²) in [5.74, 6) is 0.631. The second-order valence-electron chi connectivity index (χ2n) is 4.36. The number of halogens is 1. The van der Waals surface area contributed by atoms with Crippen molar-refractivity contribution in [2.75, 3.05) is 13.6 Å². The second kappa shape index (κ2) is 6.26. The molecule has 0 aromatic carbocycles. The van der Waals surface area contributed by atoms with Gasteiger partial charge in [0, 0.05) is 6.54 Å². The molecule has 0 saturated carbocycles. The molecule has 0 bridgehead atoms. The van der Waals surface area contributed by atoms with Gasteiger partial charge in [-0.3, -0.25) is 4.68 Å². The van der Waals surface area contributed by atoms with E-state index in [0.29, 0.717) is 5.92 Å². The molecular formula is C12H22ClN3. The quantitative estimate of drug-likeness (QED) is 0.833. The second-order valence-corrected chi connectivity index (χ2v) is 4.74. The summed E-state index contributed by atoms with van der Waals surface area (Å²) in [7, 11) is 1.99. The fraction of sp³-hybridized carbons (Fsp3) is 0.750. The van der Waals surface area contributed by atoms with Gasteiger partial charge in [0.05, 0.1) is 16.4 Å². The van der Waals surface area contributed by atoms with Crippen molar-refractivity contribution < 1.29 is 0 Å². The van der Waals surface area contributed by atoms with Crippen LogP contribution < -0.4 is 5.32 Å². The predicted molar refractivity (Wildman–Crippen MR) is 69.1 cm³/mol. The zero-order chi connectivity index (χ0) is 12.1. The van der Waals surface area contributed by atoms with Gasteiger partial charge in [-0.25, -0.2) is 0 Å². The van der Waals surface area contributed by atoms with Crippen LogP contribution in [-0.2, 0) is 13.0 Å². The minimum atomic E-state index is 0.631. The Labute approximate surface area is 103 Å². The highest BCUT2D eigenvalue weighted by molar-refractivity contribution is 6.31. The first-order chi connectivity index (χ1) is 7.60. The number of aromatic nitrogens is 2. The first-order valence-electron chi connectivity index (χ1n) is 5.96. The summed E-state index contributed by atoms with van der Waals surface area (Å²) in [6.45, 7) is 8.27. The maximum atomic E-state index is 6.27. The Hall–Kier alpha value is -0.540. The molecule has 1 unspecified atom stereocenters. The molecule has 16 heavy (non-hydrogen) atoms. The van der Waals surface area contributed by atoms with Gasteiger partial charge >= 0.3 is 0 Å². The first-order valence-corrected chi connectivity index (χ1v) is 6.34. The van der Waals surface area contributed by atoms with Gasteiger partial charge < -0.3 is 5.32 Å². The van der Waals surface area contributed by atoms with E-state index >= 15 is 0 Å². The van der Waals surface area contributed by atoms with E-state index in [0.717, 1.165) is 30.2 Å². The number of hydrogen-bond donors (Lipinski definition) is 1. The molecule has 1 N–H and O–H groups in total. The molecular weight excluding hydrogens is 222 g/mol. The van der Waals surface area contributed by atoms with Gasteiger partial charge in [0.2, 0.25) is 0 Å². The maximum Gasteiger partial charge on any atom is 0.0847 e. The fourth-order valence-electron chi connectivity index (χ4n) is 1.89. The van der Waals surface area contributed by atoms with Crippen molar-refractivity contribution in [2.45, 2.75) is 40.2 Å². The van der Waals surface area contributed by atoms with Crippen LogP contribution in [0, 0.1) is 12.8 Å². The molecule has 0 amide bonds. The topological polar surface area (TPSA) is 29.9 Å². The highest BCUT2D eigenvalue weighted by Gasteiger charge is 2.14. The van der Waals surface area contributed by atoms with Gasteiger partial charge in [-0.15, -0.1) is 0 Å². The lowest BCUT2D eigenvalue weighted by Crippen LogP contribution is -2.14. The Balaban J connectivity index is 2.71. The minimum absolute atomic E-state index is 0.631. The van der Waals surface area contributed by atoms with Crippen molar-refractivity contribution in [3.63, 3.8) is 0 Å². The number of aryl methyl sites for hydroxylation is 2. The van der Waals surface area contributed by atoms with Crippen LogP contribution in [0.3, 0.4) is 0 Å². The molecule has 1 aromatic heterocycles. The standard InChI is InChI=1S/C12H22ClN3/c1-5-16-11(12(13)10(3)15-16)8-9(2)6-7-14-4/h9,14H,5-8H2,1-4H3. The summed E-state index contributed by atoms with van der Waals surface area (Å²) in [4.78, 5) is 0. The van der Waals surface area contributed by atoms with Crippen LogP contribution in [0.2, 0.25) is 5.02 Å². The Morgan fingerprint density at radius 2 is 2.19 bits per heavy atom. The highest BCUT2D eigenvalue weighted by atomic mass is 35.5. The molecule has 0 spiro atoms. The zero-order valence-electron chi connectivity index (χ0n) is 10.7. The summed E-state index contributed by atoms with van der Waals surface area (Å²) in [5.41, 5.74) is 2.13. The molecule has 4 heteroatoms. The third-order valence-corrected chi connectivity index (χ3v) is 3.37. The van der Waals surface area contributed by atoms with E-state index in [9.17, 15) is 0 Å². The number of nitrogens with zero attached hydrogens (tertiary/aromatic N) is 2. The van der Waals surface area contributed by atoms with Crippen LogP contribution >= 0.6 is 11.6 Å². The lowest BCUT2D eigenvalue weighted by Gasteiger charge is -2.12. The predicted octanol–water partition coefficient (Wildman–Crippen LogP) is 2.65. The molecule has 0 fully saturated rings. The zero-order valence-corrected chi connectivity index (χ0v) is 11.4. The summed E-state index contributed by atoms with van der Waals surface area (Å²) in [5, 5.41) is 8.45. The Morgan fingerprint density at radius 3 is 2.75 bits per heavy atom. The maximum absolute atomic E-state index is 6.27. The number of rotatable bonds is 6. The van der Waals surface area contributed by atoms with Crippen molar-refractivity contribution in [3.8, 4) is 0 Å². The van der Waals surface area contributed by atoms with Crippen LogP contribution in [0.15, 0.2) is 0 Å². The fourth-order valence-corrected chi connectivity index (χ4v) is 2.10. The molecule has 0 radical (unpaired) electrons. The van der Waals surface area contributed by atoms with E-state index in [-0.39, 0.29) is 0 Å². The molecule has 1 heterocycles. The lowest BCUT2D eigenvalue weighted by molar-refractivity contribution is 0.488. The van der Waals surface area contributed by atoms with E-state index < -0.39 is 0 Å². The van der Waals surface area contributed by atoms with E-state index in [1.807, 2.05) is 18.7 Å². The van der Waals surface area contributed by atoms with Gasteiger partial charge in [0.15, 0.2) is 0 Å². The third kappa shape index (κ3) is 3.22. The van der Waals surface area contributed by atoms with E-state index in [2.05, 4.69) is 24.3 Å². The molecule has 0 aliphatic heterocycles. The van der Waals surface area contributed by atoms with Crippen molar-refractivity contribution in [3.05, 3.63) is 16.4 Å². The summed E-state index contributed by atoms with van der Waals surface area (Å²) in [6.07, 6.45) is 2.18. The largest absolute Gasteiger partial charge is 0.320 e. The number of nitrogens with one attached hydrogen (secondary N) is 1. The van der Waals surface area contributed by atoms with Gasteiger partial charge in [0.25, 0.3) is 0 Å². The molecule has 3 nitrogen and oxygen atoms in total. The molecule has 0 aliphatic rings. The molecule has 0 aliphatic carbocycles. The summed E-state index contributed by atoms with van der Waals surface area (Å²) < 4.78 is 2.02. The summed E-state index contributed by atoms with van der Waals surface area (Å²) >= 11 is 6.27.